The number of nitrogens with zero attached hydrogens (tertiary/aromatic N) is 1. The van der Waals surface area contributed by atoms with Gasteiger partial charge in [0.2, 0.25) is 0 Å². The summed E-state index contributed by atoms with van der Waals surface area (Å²) in [5.41, 5.74) is 4.61. The first kappa shape index (κ1) is 12.8. The highest BCUT2D eigenvalue weighted by Crippen LogP contribution is 2.20. The minimum absolute atomic E-state index is 0.114. The summed E-state index contributed by atoms with van der Waals surface area (Å²) in [5.74, 6) is -2.16. The first-order chi connectivity index (χ1) is 8.49. The highest BCUT2D eigenvalue weighted by atomic mass is 19.1. The Bertz CT molecular complexity index is 479. The van der Waals surface area contributed by atoms with Gasteiger partial charge in [0, 0.05) is 13.1 Å². The van der Waals surface area contributed by atoms with Crippen molar-refractivity contribution in [3.8, 4) is 0 Å². The second kappa shape index (κ2) is 4.89. The fourth-order valence-corrected chi connectivity index (χ4v) is 1.94. The van der Waals surface area contributed by atoms with Crippen molar-refractivity contribution in [1.29, 1.82) is 0 Å². The number of benzene rings is 1. The monoisotopic (exact) mass is 256 g/mol. The van der Waals surface area contributed by atoms with Gasteiger partial charge < -0.3 is 15.4 Å². The number of ether oxygens (including phenoxy) is 1. The van der Waals surface area contributed by atoms with Crippen molar-refractivity contribution in [2.45, 2.75) is 13.0 Å². The van der Waals surface area contributed by atoms with Gasteiger partial charge in [-0.1, -0.05) is 0 Å². The van der Waals surface area contributed by atoms with Crippen LogP contribution in [0.15, 0.2) is 12.1 Å². The molecule has 1 aliphatic heterocycles. The normalized spacial score (nSPS) is 19.9. The van der Waals surface area contributed by atoms with E-state index in [2.05, 4.69) is 0 Å². The number of hydrogen-bond acceptors (Lipinski definition) is 3. The summed E-state index contributed by atoms with van der Waals surface area (Å²) in [7, 11) is 0. The van der Waals surface area contributed by atoms with E-state index >= 15 is 0 Å². The smallest absolute Gasteiger partial charge is 0.257 e. The van der Waals surface area contributed by atoms with Crippen LogP contribution >= 0.6 is 0 Å². The fraction of sp³-hybridized carbons (Fsp3) is 0.417. The van der Waals surface area contributed by atoms with Crippen molar-refractivity contribution < 1.29 is 18.3 Å². The largest absolute Gasteiger partial charge is 0.396 e. The van der Waals surface area contributed by atoms with Crippen molar-refractivity contribution in [2.75, 3.05) is 25.4 Å². The van der Waals surface area contributed by atoms with E-state index in [-0.39, 0.29) is 17.4 Å². The molecule has 18 heavy (non-hydrogen) atoms. The number of nitrogen functional groups attached to an aromatic ring is 1. The molecule has 6 heteroatoms. The molecule has 0 aromatic heterocycles. The van der Waals surface area contributed by atoms with Crippen LogP contribution in [0.1, 0.15) is 17.3 Å². The minimum atomic E-state index is -0.874. The molecule has 1 fully saturated rings. The predicted molar refractivity (Wildman–Crippen MR) is 62.1 cm³/mol. The van der Waals surface area contributed by atoms with Crippen LogP contribution in [0.2, 0.25) is 0 Å². The van der Waals surface area contributed by atoms with Gasteiger partial charge in [-0.25, -0.2) is 8.78 Å². The SMILES string of the molecule is CC1CN(C(=O)c2cc(F)cc(N)c2F)CCO1. The topological polar surface area (TPSA) is 55.6 Å². The highest BCUT2D eigenvalue weighted by molar-refractivity contribution is 5.95. The molecule has 1 aromatic rings. The Morgan fingerprint density at radius 2 is 2.22 bits per heavy atom. The third-order valence-corrected chi connectivity index (χ3v) is 2.82. The number of anilines is 1. The lowest BCUT2D eigenvalue weighted by Crippen LogP contribution is -2.44. The average molecular weight is 256 g/mol. The zero-order valence-electron chi connectivity index (χ0n) is 9.95. The third kappa shape index (κ3) is 2.43. The van der Waals surface area contributed by atoms with Gasteiger partial charge >= 0.3 is 0 Å². The van der Waals surface area contributed by atoms with Crippen LogP contribution in [-0.2, 0) is 4.74 Å². The maximum Gasteiger partial charge on any atom is 0.257 e. The van der Waals surface area contributed by atoms with E-state index < -0.39 is 17.5 Å². The summed E-state index contributed by atoms with van der Waals surface area (Å²) in [6.45, 7) is 2.92. The lowest BCUT2D eigenvalue weighted by atomic mass is 10.1. The fourth-order valence-electron chi connectivity index (χ4n) is 1.94. The Morgan fingerprint density at radius 1 is 1.50 bits per heavy atom. The number of halogens is 2. The van der Waals surface area contributed by atoms with Crippen LogP contribution in [0.3, 0.4) is 0 Å². The van der Waals surface area contributed by atoms with E-state index in [4.69, 9.17) is 10.5 Å². The Balaban J connectivity index is 2.28. The van der Waals surface area contributed by atoms with Crippen molar-refractivity contribution in [3.05, 3.63) is 29.3 Å². The molecule has 1 heterocycles. The lowest BCUT2D eigenvalue weighted by Gasteiger charge is -2.31. The number of hydrogen-bond donors (Lipinski definition) is 1. The summed E-state index contributed by atoms with van der Waals surface area (Å²) in [6, 6.07) is 1.72. The van der Waals surface area contributed by atoms with Gasteiger partial charge in [-0.3, -0.25) is 4.79 Å². The van der Waals surface area contributed by atoms with Crippen LogP contribution in [0.4, 0.5) is 14.5 Å². The summed E-state index contributed by atoms with van der Waals surface area (Å²) in [4.78, 5) is 13.5. The predicted octanol–water partition coefficient (Wildman–Crippen LogP) is 1.41. The molecular formula is C12H14F2N2O2. The van der Waals surface area contributed by atoms with Gasteiger partial charge in [0.1, 0.15) is 5.82 Å². The standard InChI is InChI=1S/C12H14F2N2O2/c1-7-6-16(2-3-18-7)12(17)9-4-8(13)5-10(15)11(9)14/h4-5,7H,2-3,6,15H2,1H3. The molecule has 1 aromatic carbocycles. The number of morpholine rings is 1. The number of carbonyl (C=O) groups excluding carboxylic acids is 1. The molecule has 0 bridgehead atoms. The zero-order valence-corrected chi connectivity index (χ0v) is 9.95. The highest BCUT2D eigenvalue weighted by Gasteiger charge is 2.25. The van der Waals surface area contributed by atoms with Crippen molar-refractivity contribution in [3.63, 3.8) is 0 Å². The third-order valence-electron chi connectivity index (χ3n) is 2.82. The molecular weight excluding hydrogens is 242 g/mol. The molecule has 1 atom stereocenters. The Kier molecular flexibility index (Phi) is 3.47. The van der Waals surface area contributed by atoms with Crippen molar-refractivity contribution in [2.24, 2.45) is 0 Å². The molecule has 0 aliphatic carbocycles. The van der Waals surface area contributed by atoms with E-state index in [0.29, 0.717) is 19.7 Å². The van der Waals surface area contributed by atoms with Gasteiger partial charge in [-0.15, -0.1) is 0 Å². The van der Waals surface area contributed by atoms with E-state index in [1.165, 1.54) is 4.90 Å². The molecule has 1 unspecified atom stereocenters. The molecule has 4 nitrogen and oxygen atoms in total. The quantitative estimate of drug-likeness (QED) is 0.773. The Hall–Kier alpha value is -1.69. The van der Waals surface area contributed by atoms with Crippen LogP contribution < -0.4 is 5.73 Å². The van der Waals surface area contributed by atoms with Crippen LogP contribution in [0.5, 0.6) is 0 Å². The molecule has 1 saturated heterocycles. The maximum atomic E-state index is 13.7. The summed E-state index contributed by atoms with van der Waals surface area (Å²) in [6.07, 6.45) is -0.114. The molecule has 0 radical (unpaired) electrons. The van der Waals surface area contributed by atoms with Gasteiger partial charge in [0.25, 0.3) is 5.91 Å². The van der Waals surface area contributed by atoms with Crippen LogP contribution in [0.25, 0.3) is 0 Å². The Labute approximate surface area is 103 Å². The van der Waals surface area contributed by atoms with E-state index in [1.54, 1.807) is 0 Å². The van der Waals surface area contributed by atoms with Gasteiger partial charge in [-0.2, -0.15) is 0 Å². The summed E-state index contributed by atoms with van der Waals surface area (Å²) >= 11 is 0. The van der Waals surface area contributed by atoms with E-state index in [9.17, 15) is 13.6 Å². The first-order valence-corrected chi connectivity index (χ1v) is 5.64. The number of rotatable bonds is 1. The van der Waals surface area contributed by atoms with Crippen LogP contribution in [0, 0.1) is 11.6 Å². The minimum Gasteiger partial charge on any atom is -0.396 e. The second-order valence-electron chi connectivity index (χ2n) is 4.29. The molecule has 0 spiro atoms. The summed E-state index contributed by atoms with van der Waals surface area (Å²) < 4.78 is 32.2. The second-order valence-corrected chi connectivity index (χ2v) is 4.29. The Morgan fingerprint density at radius 3 is 2.89 bits per heavy atom. The van der Waals surface area contributed by atoms with Crippen LogP contribution in [-0.4, -0.2) is 36.6 Å². The maximum absolute atomic E-state index is 13.7. The first-order valence-electron chi connectivity index (χ1n) is 5.64. The molecule has 1 aliphatic rings. The van der Waals surface area contributed by atoms with E-state index in [0.717, 1.165) is 12.1 Å². The zero-order chi connectivity index (χ0) is 13.3. The number of carbonyl (C=O) groups is 1. The molecule has 0 saturated carbocycles. The van der Waals surface area contributed by atoms with Gasteiger partial charge in [0.05, 0.1) is 24.0 Å². The summed E-state index contributed by atoms with van der Waals surface area (Å²) in [5, 5.41) is 0. The molecule has 2 N–H and O–H groups in total. The van der Waals surface area contributed by atoms with Crippen molar-refractivity contribution >= 4 is 11.6 Å². The van der Waals surface area contributed by atoms with Gasteiger partial charge in [0.15, 0.2) is 5.82 Å². The van der Waals surface area contributed by atoms with Crippen molar-refractivity contribution in [1.82, 2.24) is 4.90 Å². The van der Waals surface area contributed by atoms with E-state index in [1.807, 2.05) is 6.92 Å². The molecule has 98 valence electrons. The number of nitrogens with two attached hydrogens (primary N) is 1. The number of amides is 1. The lowest BCUT2D eigenvalue weighted by molar-refractivity contribution is -0.0125. The molecule has 1 amide bonds. The molecule has 2 rings (SSSR count). The average Bonchev–Trinajstić information content (AvgIpc) is 2.33. The van der Waals surface area contributed by atoms with Gasteiger partial charge in [-0.05, 0) is 19.1 Å².